The summed E-state index contributed by atoms with van der Waals surface area (Å²) in [7, 11) is 1.60. The molecule has 1 spiro atoms. The van der Waals surface area contributed by atoms with Crippen LogP contribution in [0.3, 0.4) is 0 Å². The van der Waals surface area contributed by atoms with E-state index in [-0.39, 0.29) is 17.9 Å². The molecule has 1 aromatic carbocycles. The zero-order valence-electron chi connectivity index (χ0n) is 17.3. The third-order valence-corrected chi connectivity index (χ3v) is 7.22. The number of aromatic nitrogens is 2. The Balaban J connectivity index is 1.19. The second-order valence-corrected chi connectivity index (χ2v) is 8.87. The van der Waals surface area contributed by atoms with Crippen molar-refractivity contribution >= 4 is 17.6 Å². The summed E-state index contributed by atoms with van der Waals surface area (Å²) < 4.78 is 7.04. The Morgan fingerprint density at radius 1 is 1.13 bits per heavy atom. The van der Waals surface area contributed by atoms with Crippen LogP contribution in [0.1, 0.15) is 54.9 Å². The fourth-order valence-corrected chi connectivity index (χ4v) is 5.07. The van der Waals surface area contributed by atoms with Crippen molar-refractivity contribution in [3.63, 3.8) is 0 Å². The highest BCUT2D eigenvalue weighted by molar-refractivity contribution is 6.03. The summed E-state index contributed by atoms with van der Waals surface area (Å²) in [6.45, 7) is 1.53. The number of amides is 2. The van der Waals surface area contributed by atoms with Gasteiger partial charge in [0.2, 0.25) is 5.91 Å². The van der Waals surface area contributed by atoms with Crippen LogP contribution < -0.4 is 10.1 Å². The summed E-state index contributed by atoms with van der Waals surface area (Å²) in [6.07, 6.45) is 8.31. The Kier molecular flexibility index (Phi) is 4.76. The molecule has 1 aromatic heterocycles. The van der Waals surface area contributed by atoms with E-state index >= 15 is 0 Å². The lowest BCUT2D eigenvalue weighted by atomic mass is 9.79. The molecule has 30 heavy (non-hydrogen) atoms. The average molecular weight is 409 g/mol. The van der Waals surface area contributed by atoms with E-state index in [1.54, 1.807) is 37.6 Å². The highest BCUT2D eigenvalue weighted by atomic mass is 16.5. The highest BCUT2D eigenvalue weighted by Crippen LogP contribution is 2.66. The molecule has 2 amide bonds. The first-order chi connectivity index (χ1) is 14.6. The van der Waals surface area contributed by atoms with Gasteiger partial charge in [-0.2, -0.15) is 5.10 Å². The predicted octanol–water partition coefficient (Wildman–Crippen LogP) is 3.50. The van der Waals surface area contributed by atoms with Gasteiger partial charge in [-0.05, 0) is 61.8 Å². The lowest BCUT2D eigenvalue weighted by Gasteiger charge is -2.34. The number of hydrogen-bond donors (Lipinski definition) is 1. The standard InChI is InChI=1S/C23H28N4O3/c1-30-18-5-3-16(4-6-18)21(28)25-20-7-12-24-27(20)17-8-13-26(14-9-17)22(29)19-15-23(19)10-2-11-23/h3-7,12,17,19H,2,8-11,13-15H2,1H3,(H,25,28). The van der Waals surface area contributed by atoms with E-state index in [0.29, 0.717) is 28.5 Å². The minimum Gasteiger partial charge on any atom is -0.497 e. The minimum atomic E-state index is -0.174. The van der Waals surface area contributed by atoms with Crippen molar-refractivity contribution in [3.05, 3.63) is 42.1 Å². The summed E-state index contributed by atoms with van der Waals surface area (Å²) in [5.74, 6) is 1.88. The predicted molar refractivity (Wildman–Crippen MR) is 112 cm³/mol. The Bertz CT molecular complexity index is 940. The maximum Gasteiger partial charge on any atom is 0.256 e. The molecule has 1 unspecified atom stereocenters. The molecule has 1 atom stereocenters. The Morgan fingerprint density at radius 3 is 2.47 bits per heavy atom. The molecular weight excluding hydrogens is 380 g/mol. The first kappa shape index (κ1) is 19.2. The molecule has 7 heteroatoms. The van der Waals surface area contributed by atoms with E-state index < -0.39 is 0 Å². The van der Waals surface area contributed by atoms with Gasteiger partial charge in [0.25, 0.3) is 5.91 Å². The summed E-state index contributed by atoms with van der Waals surface area (Å²) in [5, 5.41) is 7.43. The number of rotatable bonds is 5. The summed E-state index contributed by atoms with van der Waals surface area (Å²) in [5.41, 5.74) is 0.952. The zero-order chi connectivity index (χ0) is 20.7. The van der Waals surface area contributed by atoms with E-state index in [9.17, 15) is 9.59 Å². The minimum absolute atomic E-state index is 0.174. The lowest BCUT2D eigenvalue weighted by Crippen LogP contribution is -2.41. The zero-order valence-corrected chi connectivity index (χ0v) is 17.3. The smallest absolute Gasteiger partial charge is 0.256 e. The maximum atomic E-state index is 12.8. The Morgan fingerprint density at radius 2 is 1.87 bits per heavy atom. The first-order valence-electron chi connectivity index (χ1n) is 10.9. The third-order valence-electron chi connectivity index (χ3n) is 7.22. The molecule has 2 aromatic rings. The van der Waals surface area contributed by atoms with E-state index in [4.69, 9.17) is 4.74 Å². The molecular formula is C23H28N4O3. The monoisotopic (exact) mass is 408 g/mol. The van der Waals surface area contributed by atoms with E-state index in [2.05, 4.69) is 10.4 Å². The SMILES string of the molecule is COc1ccc(C(=O)Nc2ccnn2C2CCN(C(=O)C3CC34CCC4)CC2)cc1. The van der Waals surface area contributed by atoms with Gasteiger partial charge in [-0.1, -0.05) is 6.42 Å². The molecule has 1 saturated heterocycles. The number of benzene rings is 1. The molecule has 2 aliphatic carbocycles. The average Bonchev–Trinajstić information content (AvgIpc) is 3.39. The van der Waals surface area contributed by atoms with Gasteiger partial charge in [-0.15, -0.1) is 0 Å². The van der Waals surface area contributed by atoms with Crippen molar-refractivity contribution in [2.45, 2.75) is 44.6 Å². The molecule has 2 heterocycles. The second kappa shape index (κ2) is 7.45. The Labute approximate surface area is 176 Å². The molecule has 1 N–H and O–H groups in total. The number of ether oxygens (including phenoxy) is 1. The van der Waals surface area contributed by atoms with Crippen LogP contribution in [-0.4, -0.2) is 46.7 Å². The van der Waals surface area contributed by atoms with Crippen molar-refractivity contribution in [2.75, 3.05) is 25.5 Å². The van der Waals surface area contributed by atoms with Gasteiger partial charge >= 0.3 is 0 Å². The number of carbonyl (C=O) groups is 2. The van der Waals surface area contributed by atoms with Crippen LogP contribution in [0.5, 0.6) is 5.75 Å². The van der Waals surface area contributed by atoms with Gasteiger partial charge < -0.3 is 15.0 Å². The van der Waals surface area contributed by atoms with E-state index in [1.165, 1.54) is 19.3 Å². The molecule has 0 bridgehead atoms. The molecule has 1 aliphatic heterocycles. The van der Waals surface area contributed by atoms with Crippen LogP contribution >= 0.6 is 0 Å². The van der Waals surface area contributed by atoms with Gasteiger partial charge in [-0.25, -0.2) is 4.68 Å². The van der Waals surface area contributed by atoms with Crippen molar-refractivity contribution in [2.24, 2.45) is 11.3 Å². The van der Waals surface area contributed by atoms with Gasteiger partial charge in [-0.3, -0.25) is 9.59 Å². The molecule has 158 valence electrons. The molecule has 5 rings (SSSR count). The second-order valence-electron chi connectivity index (χ2n) is 8.87. The number of nitrogens with zero attached hydrogens (tertiary/aromatic N) is 3. The van der Waals surface area contributed by atoms with Crippen molar-refractivity contribution in [3.8, 4) is 5.75 Å². The normalized spacial score (nSPS) is 22.4. The van der Waals surface area contributed by atoms with Gasteiger partial charge in [0, 0.05) is 30.6 Å². The van der Waals surface area contributed by atoms with Crippen LogP contribution in [0.25, 0.3) is 0 Å². The van der Waals surface area contributed by atoms with Crippen LogP contribution in [-0.2, 0) is 4.79 Å². The number of piperidine rings is 1. The summed E-state index contributed by atoms with van der Waals surface area (Å²) in [6, 6.07) is 9.03. The van der Waals surface area contributed by atoms with Crippen LogP contribution in [0.4, 0.5) is 5.82 Å². The van der Waals surface area contributed by atoms with Crippen LogP contribution in [0.2, 0.25) is 0 Å². The maximum absolute atomic E-state index is 12.8. The van der Waals surface area contributed by atoms with Gasteiger partial charge in [0.15, 0.2) is 0 Å². The number of anilines is 1. The quantitative estimate of drug-likeness (QED) is 0.822. The molecule has 7 nitrogen and oxygen atoms in total. The summed E-state index contributed by atoms with van der Waals surface area (Å²) >= 11 is 0. The number of methoxy groups -OCH3 is 1. The first-order valence-corrected chi connectivity index (χ1v) is 10.9. The van der Waals surface area contributed by atoms with Gasteiger partial charge in [0.05, 0.1) is 19.3 Å². The topological polar surface area (TPSA) is 76.5 Å². The fourth-order valence-electron chi connectivity index (χ4n) is 5.07. The summed E-state index contributed by atoms with van der Waals surface area (Å²) in [4.78, 5) is 27.5. The Hall–Kier alpha value is -2.83. The van der Waals surface area contributed by atoms with E-state index in [0.717, 1.165) is 32.4 Å². The molecule has 3 aliphatic rings. The molecule has 0 radical (unpaired) electrons. The number of hydrogen-bond acceptors (Lipinski definition) is 4. The van der Waals surface area contributed by atoms with Crippen molar-refractivity contribution < 1.29 is 14.3 Å². The van der Waals surface area contributed by atoms with E-state index in [1.807, 2.05) is 15.6 Å². The number of likely N-dealkylation sites (tertiary alicyclic amines) is 1. The third kappa shape index (κ3) is 3.36. The molecule has 3 fully saturated rings. The van der Waals surface area contributed by atoms with Crippen molar-refractivity contribution in [1.82, 2.24) is 14.7 Å². The molecule has 2 saturated carbocycles. The number of nitrogens with one attached hydrogen (secondary N) is 1. The lowest BCUT2D eigenvalue weighted by molar-refractivity contribution is -0.135. The van der Waals surface area contributed by atoms with Crippen LogP contribution in [0, 0.1) is 11.3 Å². The largest absolute Gasteiger partial charge is 0.497 e. The number of carbonyl (C=O) groups excluding carboxylic acids is 2. The van der Waals surface area contributed by atoms with Crippen molar-refractivity contribution in [1.29, 1.82) is 0 Å². The van der Waals surface area contributed by atoms with Gasteiger partial charge in [0.1, 0.15) is 11.6 Å². The fraction of sp³-hybridized carbons (Fsp3) is 0.522. The highest BCUT2D eigenvalue weighted by Gasteiger charge is 2.61. The van der Waals surface area contributed by atoms with Crippen LogP contribution in [0.15, 0.2) is 36.5 Å².